The second kappa shape index (κ2) is 9.21. The average Bonchev–Trinajstić information content (AvgIpc) is 3.39. The smallest absolute Gasteiger partial charge is 0.245 e. The van der Waals surface area contributed by atoms with Crippen molar-refractivity contribution in [3.05, 3.63) is 84.3 Å². The quantitative estimate of drug-likeness (QED) is 0.548. The first kappa shape index (κ1) is 22.6. The van der Waals surface area contributed by atoms with Crippen molar-refractivity contribution in [2.45, 2.75) is 18.3 Å². The van der Waals surface area contributed by atoms with E-state index in [0.29, 0.717) is 36.9 Å². The molecular weight excluding hydrogens is 442 g/mol. The molecule has 35 heavy (non-hydrogen) atoms. The second-order valence-electron chi connectivity index (χ2n) is 8.80. The Morgan fingerprint density at radius 1 is 1.29 bits per heavy atom. The molecule has 1 aromatic carbocycles. The molecule has 5 rings (SSSR count). The van der Waals surface area contributed by atoms with Crippen LogP contribution in [0.25, 0.3) is 6.08 Å². The number of fused-ring (bicyclic) bond motifs is 1. The minimum atomic E-state index is -0.433. The molecule has 2 aliphatic rings. The number of likely N-dealkylation sites (tertiary alicyclic amines) is 1. The van der Waals surface area contributed by atoms with E-state index in [0.717, 1.165) is 23.2 Å². The first-order chi connectivity index (χ1) is 17.0. The molecule has 2 aromatic heterocycles. The van der Waals surface area contributed by atoms with Gasteiger partial charge in [-0.15, -0.1) is 0 Å². The fourth-order valence-electron chi connectivity index (χ4n) is 5.16. The van der Waals surface area contributed by atoms with E-state index in [1.54, 1.807) is 25.6 Å². The van der Waals surface area contributed by atoms with Crippen LogP contribution in [0, 0.1) is 5.92 Å². The molecule has 0 spiro atoms. The number of amides is 1. The summed E-state index contributed by atoms with van der Waals surface area (Å²) >= 11 is 0. The number of nitrogen functional groups attached to an aromatic ring is 1. The number of carbonyl (C=O) groups excluding carboxylic acids is 1. The Hall–Kier alpha value is -4.20. The molecule has 8 heteroatoms. The molecule has 1 aliphatic heterocycles. The number of benzene rings is 1. The van der Waals surface area contributed by atoms with Gasteiger partial charge in [-0.3, -0.25) is 4.79 Å². The zero-order valence-corrected chi connectivity index (χ0v) is 19.6. The lowest BCUT2D eigenvalue weighted by molar-refractivity contribution is -0.125. The predicted molar refractivity (Wildman–Crippen MR) is 133 cm³/mol. The minimum absolute atomic E-state index is 0.0509. The van der Waals surface area contributed by atoms with Crippen molar-refractivity contribution >= 4 is 17.9 Å². The highest BCUT2D eigenvalue weighted by molar-refractivity contribution is 5.87. The number of aromatic nitrogens is 3. The number of pyridine rings is 1. The van der Waals surface area contributed by atoms with Gasteiger partial charge in [-0.25, -0.2) is 15.0 Å². The van der Waals surface area contributed by atoms with E-state index >= 15 is 0 Å². The lowest BCUT2D eigenvalue weighted by Crippen LogP contribution is -2.40. The van der Waals surface area contributed by atoms with Crippen LogP contribution >= 0.6 is 0 Å². The van der Waals surface area contributed by atoms with E-state index in [9.17, 15) is 4.79 Å². The van der Waals surface area contributed by atoms with Gasteiger partial charge in [0.1, 0.15) is 11.5 Å². The van der Waals surface area contributed by atoms with Crippen LogP contribution in [0.1, 0.15) is 23.2 Å². The van der Waals surface area contributed by atoms with Crippen LogP contribution in [0.4, 0.5) is 5.95 Å². The highest BCUT2D eigenvalue weighted by Crippen LogP contribution is 2.49. The monoisotopic (exact) mass is 469 g/mol. The summed E-state index contributed by atoms with van der Waals surface area (Å²) in [7, 11) is 1.66. The van der Waals surface area contributed by atoms with Gasteiger partial charge < -0.3 is 20.1 Å². The van der Waals surface area contributed by atoms with Gasteiger partial charge in [-0.2, -0.15) is 0 Å². The molecule has 1 aliphatic carbocycles. The molecule has 0 radical (unpaired) electrons. The van der Waals surface area contributed by atoms with Crippen molar-refractivity contribution in [3.8, 4) is 17.4 Å². The molecule has 3 heterocycles. The molecule has 1 fully saturated rings. The van der Waals surface area contributed by atoms with Crippen LogP contribution in [0.2, 0.25) is 0 Å². The van der Waals surface area contributed by atoms with Crippen molar-refractivity contribution in [3.63, 3.8) is 0 Å². The third-order valence-corrected chi connectivity index (χ3v) is 6.88. The van der Waals surface area contributed by atoms with Crippen molar-refractivity contribution < 1.29 is 14.3 Å². The Morgan fingerprint density at radius 2 is 2.17 bits per heavy atom. The topological polar surface area (TPSA) is 103 Å². The van der Waals surface area contributed by atoms with Gasteiger partial charge in [-0.05, 0) is 48.6 Å². The summed E-state index contributed by atoms with van der Waals surface area (Å²) in [6, 6.07) is 11.4. The second-order valence-corrected chi connectivity index (χ2v) is 8.80. The van der Waals surface area contributed by atoms with Gasteiger partial charge >= 0.3 is 0 Å². The highest BCUT2D eigenvalue weighted by atomic mass is 16.5. The predicted octanol–water partition coefficient (Wildman–Crippen LogP) is 3.80. The number of ether oxygens (including phenoxy) is 2. The molecule has 1 saturated heterocycles. The van der Waals surface area contributed by atoms with E-state index in [-0.39, 0.29) is 17.8 Å². The molecule has 178 valence electrons. The van der Waals surface area contributed by atoms with Crippen molar-refractivity contribution in [2.75, 3.05) is 25.9 Å². The number of hydrogen-bond acceptors (Lipinski definition) is 7. The maximum absolute atomic E-state index is 12.4. The Morgan fingerprint density at radius 3 is 2.94 bits per heavy atom. The highest BCUT2D eigenvalue weighted by Gasteiger charge is 2.46. The zero-order valence-electron chi connectivity index (χ0n) is 19.6. The molecule has 0 bridgehead atoms. The molecule has 1 amide bonds. The number of rotatable bonds is 6. The number of nitrogens with two attached hydrogens (primary N) is 1. The number of anilines is 1. The molecule has 2 atom stereocenters. The van der Waals surface area contributed by atoms with Crippen molar-refractivity contribution in [2.24, 2.45) is 5.92 Å². The van der Waals surface area contributed by atoms with E-state index in [1.165, 1.54) is 6.08 Å². The summed E-state index contributed by atoms with van der Waals surface area (Å²) in [4.78, 5) is 27.1. The van der Waals surface area contributed by atoms with Gasteiger partial charge in [0, 0.05) is 48.6 Å². The molecule has 2 N–H and O–H groups in total. The van der Waals surface area contributed by atoms with E-state index < -0.39 is 5.41 Å². The summed E-state index contributed by atoms with van der Waals surface area (Å²) in [5.74, 6) is 2.20. The van der Waals surface area contributed by atoms with Crippen LogP contribution in [0.3, 0.4) is 0 Å². The number of nitrogens with zero attached hydrogens (tertiary/aromatic N) is 4. The van der Waals surface area contributed by atoms with Gasteiger partial charge in [0.15, 0.2) is 0 Å². The number of allylic oxidation sites excluding steroid dienone is 1. The normalized spacial score (nSPS) is 20.8. The van der Waals surface area contributed by atoms with E-state index in [4.69, 9.17) is 15.2 Å². The fraction of sp³-hybridized carbons (Fsp3) is 0.259. The number of hydrogen-bond donors (Lipinski definition) is 1. The lowest BCUT2D eigenvalue weighted by Gasteiger charge is -2.40. The van der Waals surface area contributed by atoms with Crippen molar-refractivity contribution in [1.29, 1.82) is 0 Å². The largest absolute Gasteiger partial charge is 0.496 e. The van der Waals surface area contributed by atoms with Gasteiger partial charge in [0.2, 0.25) is 17.7 Å². The zero-order chi connectivity index (χ0) is 24.4. The standard InChI is InChI=1S/C27H27N5O3/c1-3-25(33)32-13-10-19(17-32)27(11-9-22-18(15-27)16-30-26(28)31-22)21-8-7-20(14-23(21)34-2)35-24-6-4-5-12-29-24/h3-9,11-12,14,16,19H,1,10,13,15,17H2,2H3,(H2,28,30,31). The van der Waals surface area contributed by atoms with Crippen LogP contribution in [0.5, 0.6) is 17.4 Å². The summed E-state index contributed by atoms with van der Waals surface area (Å²) in [6.07, 6.45) is 10.6. The summed E-state index contributed by atoms with van der Waals surface area (Å²) < 4.78 is 11.8. The third-order valence-electron chi connectivity index (χ3n) is 6.88. The first-order valence-electron chi connectivity index (χ1n) is 11.5. The summed E-state index contributed by atoms with van der Waals surface area (Å²) in [5, 5.41) is 0. The Balaban J connectivity index is 1.57. The van der Waals surface area contributed by atoms with Crippen LogP contribution in [-0.4, -0.2) is 46.0 Å². The maximum atomic E-state index is 12.4. The van der Waals surface area contributed by atoms with E-state index in [1.807, 2.05) is 41.3 Å². The summed E-state index contributed by atoms with van der Waals surface area (Å²) in [6.45, 7) is 4.96. The summed E-state index contributed by atoms with van der Waals surface area (Å²) in [5.41, 5.74) is 8.24. The maximum Gasteiger partial charge on any atom is 0.245 e. The van der Waals surface area contributed by atoms with Crippen LogP contribution in [0.15, 0.2) is 67.5 Å². The van der Waals surface area contributed by atoms with Gasteiger partial charge in [0.05, 0.1) is 12.8 Å². The van der Waals surface area contributed by atoms with Gasteiger partial charge in [0.25, 0.3) is 0 Å². The molecule has 3 aromatic rings. The molecule has 2 unspecified atom stereocenters. The molecular formula is C27H27N5O3. The average molecular weight is 470 g/mol. The Bertz CT molecular complexity index is 1290. The fourth-order valence-corrected chi connectivity index (χ4v) is 5.16. The Kier molecular flexibility index (Phi) is 5.94. The minimum Gasteiger partial charge on any atom is -0.496 e. The SMILES string of the molecule is C=CC(=O)N1CCC(C2(c3ccc(Oc4ccccn4)cc3OC)C=Cc3nc(N)ncc3C2)C1. The molecule has 8 nitrogen and oxygen atoms in total. The molecule has 0 saturated carbocycles. The van der Waals surface area contributed by atoms with Gasteiger partial charge in [-0.1, -0.05) is 24.8 Å². The van der Waals surface area contributed by atoms with Crippen molar-refractivity contribution in [1.82, 2.24) is 19.9 Å². The van der Waals surface area contributed by atoms with Crippen LogP contribution < -0.4 is 15.2 Å². The Labute approximate surface area is 204 Å². The number of carbonyl (C=O) groups is 1. The first-order valence-corrected chi connectivity index (χ1v) is 11.5. The van der Waals surface area contributed by atoms with E-state index in [2.05, 4.69) is 27.6 Å². The number of methoxy groups -OCH3 is 1. The third kappa shape index (κ3) is 4.23. The van der Waals surface area contributed by atoms with Crippen LogP contribution in [-0.2, 0) is 16.6 Å². The lowest BCUT2D eigenvalue weighted by atomic mass is 9.64.